The van der Waals surface area contributed by atoms with Crippen molar-refractivity contribution in [3.63, 3.8) is 0 Å². The number of aryl methyl sites for hydroxylation is 1. The summed E-state index contributed by atoms with van der Waals surface area (Å²) in [5.74, 6) is -6.03. The van der Waals surface area contributed by atoms with Crippen LogP contribution < -0.4 is 10.9 Å². The maximum Gasteiger partial charge on any atom is 0.345 e. The van der Waals surface area contributed by atoms with E-state index in [1.54, 1.807) is 26.0 Å². The van der Waals surface area contributed by atoms with Gasteiger partial charge in [-0.25, -0.2) is 4.79 Å². The van der Waals surface area contributed by atoms with Gasteiger partial charge in [0.15, 0.2) is 11.3 Å². The number of carboxylic acid groups (broad SMARTS) is 1. The van der Waals surface area contributed by atoms with Gasteiger partial charge in [-0.2, -0.15) is 0 Å². The number of esters is 1. The van der Waals surface area contributed by atoms with Crippen LogP contribution in [-0.2, 0) is 9.53 Å². The van der Waals surface area contributed by atoms with Crippen molar-refractivity contribution in [1.82, 2.24) is 9.88 Å². The van der Waals surface area contributed by atoms with Gasteiger partial charge in [-0.3, -0.25) is 19.0 Å². The number of rotatable bonds is 7. The second-order valence-electron chi connectivity index (χ2n) is 6.57. The first kappa shape index (κ1) is 23.7. The largest absolute Gasteiger partial charge is 0.506 e. The summed E-state index contributed by atoms with van der Waals surface area (Å²) in [4.78, 5) is 48.7. The van der Waals surface area contributed by atoms with Crippen LogP contribution in [0.5, 0.6) is 11.6 Å². The first-order valence-corrected chi connectivity index (χ1v) is 9.52. The molecule has 4 N–H and O–H groups in total. The highest BCUT2D eigenvalue weighted by molar-refractivity contribution is 6.30. The predicted octanol–water partition coefficient (Wildman–Crippen LogP) is 1.82. The maximum absolute atomic E-state index is 13.0. The van der Waals surface area contributed by atoms with Gasteiger partial charge in [-0.05, 0) is 44.0 Å². The zero-order chi connectivity index (χ0) is 23.5. The fourth-order valence-corrected chi connectivity index (χ4v) is 3.26. The number of benzene rings is 1. The highest BCUT2D eigenvalue weighted by atomic mass is 35.5. The highest BCUT2D eigenvalue weighted by Crippen LogP contribution is 2.33. The number of pyridine rings is 1. The molecule has 0 spiro atoms. The lowest BCUT2D eigenvalue weighted by molar-refractivity contribution is -0.141. The molecule has 0 saturated carbocycles. The lowest BCUT2D eigenvalue weighted by Crippen LogP contribution is -2.38. The Hall–Kier alpha value is -3.53. The van der Waals surface area contributed by atoms with Crippen molar-refractivity contribution in [1.29, 1.82) is 0 Å². The number of carboxylic acids is 1. The van der Waals surface area contributed by atoms with Crippen molar-refractivity contribution in [2.24, 2.45) is 0 Å². The summed E-state index contributed by atoms with van der Waals surface area (Å²) in [6.07, 6.45) is 0. The van der Waals surface area contributed by atoms with E-state index >= 15 is 0 Å². The Bertz CT molecular complexity index is 1110. The number of hydrogen-bond donors (Lipinski definition) is 4. The van der Waals surface area contributed by atoms with Crippen LogP contribution in [0.15, 0.2) is 23.0 Å². The molecule has 31 heavy (non-hydrogen) atoms. The number of hydrogen-bond acceptors (Lipinski definition) is 7. The molecule has 0 aliphatic carbocycles. The van der Waals surface area contributed by atoms with Crippen LogP contribution in [0, 0.1) is 6.92 Å². The summed E-state index contributed by atoms with van der Waals surface area (Å²) >= 11 is 6.02. The minimum atomic E-state index is -1.77. The van der Waals surface area contributed by atoms with Crippen LogP contribution in [-0.4, -0.2) is 50.9 Å². The summed E-state index contributed by atoms with van der Waals surface area (Å²) in [6.45, 7) is 4.21. The molecule has 0 bridgehead atoms. The molecule has 2 aromatic rings. The molecule has 1 heterocycles. The van der Waals surface area contributed by atoms with E-state index in [1.807, 2.05) is 0 Å². The van der Waals surface area contributed by atoms with E-state index < -0.39 is 58.7 Å². The topological polar surface area (TPSA) is 155 Å². The molecule has 0 radical (unpaired) electrons. The van der Waals surface area contributed by atoms with E-state index in [-0.39, 0.29) is 6.61 Å². The van der Waals surface area contributed by atoms with E-state index in [9.17, 15) is 34.5 Å². The Labute approximate surface area is 181 Å². The molecule has 0 fully saturated rings. The fourth-order valence-electron chi connectivity index (χ4n) is 3.08. The lowest BCUT2D eigenvalue weighted by atomic mass is 10.0. The molecule has 2 rings (SSSR count). The summed E-state index contributed by atoms with van der Waals surface area (Å²) in [5, 5.41) is 32.7. The van der Waals surface area contributed by atoms with Gasteiger partial charge in [0.2, 0.25) is 5.88 Å². The van der Waals surface area contributed by atoms with E-state index in [2.05, 4.69) is 10.1 Å². The number of aromatic carboxylic acids is 1. The molecular weight excluding hydrogens is 432 g/mol. The summed E-state index contributed by atoms with van der Waals surface area (Å²) in [5.41, 5.74) is -1.97. The van der Waals surface area contributed by atoms with E-state index in [1.165, 1.54) is 13.0 Å². The van der Waals surface area contributed by atoms with Crippen LogP contribution in [0.4, 0.5) is 0 Å². The van der Waals surface area contributed by atoms with Crippen molar-refractivity contribution in [2.45, 2.75) is 26.8 Å². The van der Waals surface area contributed by atoms with Crippen LogP contribution in [0.2, 0.25) is 5.02 Å². The minimum Gasteiger partial charge on any atom is -0.506 e. The first-order valence-electron chi connectivity index (χ1n) is 9.14. The van der Waals surface area contributed by atoms with E-state index in [0.717, 1.165) is 0 Å². The number of carbonyl (C=O) groups excluding carboxylic acids is 2. The Morgan fingerprint density at radius 2 is 1.87 bits per heavy atom. The summed E-state index contributed by atoms with van der Waals surface area (Å²) in [7, 11) is 0. The average molecular weight is 453 g/mol. The monoisotopic (exact) mass is 452 g/mol. The molecule has 1 aromatic carbocycles. The smallest absolute Gasteiger partial charge is 0.345 e. The number of carbonyl (C=O) groups is 3. The van der Waals surface area contributed by atoms with Crippen LogP contribution in [0.1, 0.15) is 51.7 Å². The third kappa shape index (κ3) is 4.80. The molecule has 0 aliphatic heterocycles. The van der Waals surface area contributed by atoms with Crippen molar-refractivity contribution < 1.29 is 34.4 Å². The quantitative estimate of drug-likeness (QED) is 0.463. The summed E-state index contributed by atoms with van der Waals surface area (Å²) < 4.78 is 5.34. The molecular formula is C20H21ClN2O8. The molecule has 1 unspecified atom stereocenters. The first-order chi connectivity index (χ1) is 14.5. The number of amides is 1. The standard InChI is InChI=1S/C20H21ClN2O8/c1-4-31-13(24)8-22-17(26)14-16(25)15(20(29)30)19(28)23(18(14)27)10(3)12-7-11(21)6-5-9(12)2/h5-7,10,25,28H,4,8H2,1-3H3,(H,22,26)(H,29,30). The molecule has 1 aromatic heterocycles. The average Bonchev–Trinajstić information content (AvgIpc) is 2.67. The molecule has 0 saturated heterocycles. The van der Waals surface area contributed by atoms with Gasteiger partial charge in [0.1, 0.15) is 12.1 Å². The van der Waals surface area contributed by atoms with Crippen molar-refractivity contribution in [3.8, 4) is 11.6 Å². The summed E-state index contributed by atoms with van der Waals surface area (Å²) in [6, 6.07) is 3.86. The maximum atomic E-state index is 13.0. The lowest BCUT2D eigenvalue weighted by Gasteiger charge is -2.22. The van der Waals surface area contributed by atoms with Crippen molar-refractivity contribution in [2.75, 3.05) is 13.2 Å². The van der Waals surface area contributed by atoms with E-state index in [4.69, 9.17) is 11.6 Å². The van der Waals surface area contributed by atoms with Gasteiger partial charge in [0.05, 0.1) is 12.6 Å². The number of nitrogens with zero attached hydrogens (tertiary/aromatic N) is 1. The van der Waals surface area contributed by atoms with Crippen LogP contribution in [0.25, 0.3) is 0 Å². The minimum absolute atomic E-state index is 0.0611. The molecule has 1 amide bonds. The number of ether oxygens (including phenoxy) is 1. The van der Waals surface area contributed by atoms with Gasteiger partial charge in [0, 0.05) is 5.02 Å². The van der Waals surface area contributed by atoms with Gasteiger partial charge < -0.3 is 25.4 Å². The molecule has 166 valence electrons. The Kier molecular flexibility index (Phi) is 7.29. The zero-order valence-corrected chi connectivity index (χ0v) is 17.7. The van der Waals surface area contributed by atoms with E-state index in [0.29, 0.717) is 20.7 Å². The Morgan fingerprint density at radius 1 is 1.23 bits per heavy atom. The van der Waals surface area contributed by atoms with Gasteiger partial charge >= 0.3 is 11.9 Å². The van der Waals surface area contributed by atoms with Crippen molar-refractivity contribution in [3.05, 3.63) is 55.8 Å². The predicted molar refractivity (Wildman–Crippen MR) is 110 cm³/mol. The van der Waals surface area contributed by atoms with Gasteiger partial charge in [-0.15, -0.1) is 0 Å². The second kappa shape index (κ2) is 9.52. The van der Waals surface area contributed by atoms with Crippen LogP contribution in [0.3, 0.4) is 0 Å². The number of nitrogens with one attached hydrogen (secondary N) is 1. The number of halogens is 1. The fraction of sp³-hybridized carbons (Fsp3) is 0.300. The molecule has 11 heteroatoms. The third-order valence-electron chi connectivity index (χ3n) is 4.58. The SMILES string of the molecule is CCOC(=O)CNC(=O)c1c(O)c(C(=O)O)c(O)n(C(C)c2cc(Cl)ccc2C)c1=O. The normalized spacial score (nSPS) is 11.6. The Morgan fingerprint density at radius 3 is 2.45 bits per heavy atom. The van der Waals surface area contributed by atoms with Crippen molar-refractivity contribution >= 4 is 29.4 Å². The molecule has 0 aliphatic rings. The highest BCUT2D eigenvalue weighted by Gasteiger charge is 2.32. The van der Waals surface area contributed by atoms with Gasteiger partial charge in [0.25, 0.3) is 11.5 Å². The number of aromatic nitrogens is 1. The molecule has 10 nitrogen and oxygen atoms in total. The number of aromatic hydroxyl groups is 2. The third-order valence-corrected chi connectivity index (χ3v) is 4.81. The van der Waals surface area contributed by atoms with Gasteiger partial charge in [-0.1, -0.05) is 17.7 Å². The zero-order valence-electron chi connectivity index (χ0n) is 16.9. The Balaban J connectivity index is 2.68. The second-order valence-corrected chi connectivity index (χ2v) is 7.00. The van der Waals surface area contributed by atoms with Crippen LogP contribution >= 0.6 is 11.6 Å². The molecule has 1 atom stereocenters.